The van der Waals surface area contributed by atoms with Crippen LogP contribution < -0.4 is 9.47 Å². The van der Waals surface area contributed by atoms with Crippen LogP contribution >= 0.6 is 15.9 Å². The van der Waals surface area contributed by atoms with Crippen molar-refractivity contribution in [1.29, 1.82) is 0 Å². The minimum Gasteiger partial charge on any atom is -0.454 e. The van der Waals surface area contributed by atoms with Gasteiger partial charge in [0.15, 0.2) is 11.5 Å². The van der Waals surface area contributed by atoms with Crippen LogP contribution in [0.15, 0.2) is 34.8 Å². The average Bonchev–Trinajstić information content (AvgIpc) is 2.90. The zero-order valence-electron chi connectivity index (χ0n) is 11.4. The topological polar surface area (TPSA) is 38.7 Å². The van der Waals surface area contributed by atoms with E-state index in [2.05, 4.69) is 15.9 Å². The summed E-state index contributed by atoms with van der Waals surface area (Å²) in [5.74, 6) is 1.01. The molecule has 1 atom stereocenters. The second kappa shape index (κ2) is 5.66. The summed E-state index contributed by atoms with van der Waals surface area (Å²) in [4.78, 5) is 0. The first-order chi connectivity index (χ1) is 10.0. The Morgan fingerprint density at radius 2 is 2.10 bits per heavy atom. The Balaban J connectivity index is 1.85. The Morgan fingerprint density at radius 1 is 1.29 bits per heavy atom. The fourth-order valence-corrected chi connectivity index (χ4v) is 2.97. The molecule has 0 fully saturated rings. The highest BCUT2D eigenvalue weighted by atomic mass is 79.9. The monoisotopic (exact) mass is 352 g/mol. The van der Waals surface area contributed by atoms with E-state index in [-0.39, 0.29) is 12.6 Å². The molecule has 0 spiro atoms. The van der Waals surface area contributed by atoms with Gasteiger partial charge in [0.1, 0.15) is 5.82 Å². The fraction of sp³-hybridized carbons (Fsp3) is 0.250. The lowest BCUT2D eigenvalue weighted by molar-refractivity contribution is 0.171. The van der Waals surface area contributed by atoms with E-state index in [4.69, 9.17) is 9.47 Å². The molecule has 0 radical (unpaired) electrons. The second-order valence-electron chi connectivity index (χ2n) is 5.03. The molecular weight excluding hydrogens is 339 g/mol. The SMILES string of the molecule is Cc1cc(F)ccc1CC(O)c1cc(Br)c2c(c1)OCO2. The Kier molecular flexibility index (Phi) is 3.87. The first kappa shape index (κ1) is 14.4. The van der Waals surface area contributed by atoms with E-state index in [9.17, 15) is 9.50 Å². The molecule has 110 valence electrons. The Hall–Kier alpha value is -1.59. The third-order valence-corrected chi connectivity index (χ3v) is 4.14. The van der Waals surface area contributed by atoms with E-state index in [0.717, 1.165) is 21.2 Å². The van der Waals surface area contributed by atoms with Gasteiger partial charge in [-0.15, -0.1) is 0 Å². The molecule has 0 aromatic heterocycles. The van der Waals surface area contributed by atoms with E-state index < -0.39 is 6.10 Å². The minimum absolute atomic E-state index is 0.185. The molecule has 0 saturated heterocycles. The maximum Gasteiger partial charge on any atom is 0.231 e. The molecule has 1 heterocycles. The number of hydrogen-bond donors (Lipinski definition) is 1. The molecule has 1 aliphatic heterocycles. The lowest BCUT2D eigenvalue weighted by atomic mass is 9.98. The summed E-state index contributed by atoms with van der Waals surface area (Å²) in [5.41, 5.74) is 2.47. The van der Waals surface area contributed by atoms with Gasteiger partial charge in [0.25, 0.3) is 0 Å². The molecule has 0 saturated carbocycles. The summed E-state index contributed by atoms with van der Waals surface area (Å²) in [6.45, 7) is 2.02. The van der Waals surface area contributed by atoms with Gasteiger partial charge in [0.2, 0.25) is 6.79 Å². The molecule has 2 aromatic carbocycles. The van der Waals surface area contributed by atoms with Crippen LogP contribution in [0.3, 0.4) is 0 Å². The van der Waals surface area contributed by atoms with Gasteiger partial charge in [-0.2, -0.15) is 0 Å². The molecule has 1 N–H and O–H groups in total. The van der Waals surface area contributed by atoms with Crippen LogP contribution in [0.1, 0.15) is 22.8 Å². The van der Waals surface area contributed by atoms with Crippen LogP contribution in [-0.4, -0.2) is 11.9 Å². The molecule has 3 rings (SSSR count). The van der Waals surface area contributed by atoms with Gasteiger partial charge < -0.3 is 14.6 Å². The summed E-state index contributed by atoms with van der Waals surface area (Å²) in [6.07, 6.45) is -0.280. The number of aryl methyl sites for hydroxylation is 1. The van der Waals surface area contributed by atoms with E-state index in [1.807, 2.05) is 13.0 Å². The molecule has 0 amide bonds. The van der Waals surface area contributed by atoms with Gasteiger partial charge in [0, 0.05) is 6.42 Å². The summed E-state index contributed by atoms with van der Waals surface area (Å²) < 4.78 is 24.5. The number of aliphatic hydroxyl groups excluding tert-OH is 1. The molecule has 0 aliphatic carbocycles. The average molecular weight is 353 g/mol. The van der Waals surface area contributed by atoms with Crippen molar-refractivity contribution < 1.29 is 19.0 Å². The number of halogens is 2. The first-order valence-corrected chi connectivity index (χ1v) is 7.36. The predicted molar refractivity (Wildman–Crippen MR) is 80.1 cm³/mol. The van der Waals surface area contributed by atoms with Gasteiger partial charge >= 0.3 is 0 Å². The second-order valence-corrected chi connectivity index (χ2v) is 5.88. The molecular formula is C16H14BrFO3. The quantitative estimate of drug-likeness (QED) is 0.910. The van der Waals surface area contributed by atoms with Crippen LogP contribution in [0, 0.1) is 12.7 Å². The third kappa shape index (κ3) is 2.89. The zero-order chi connectivity index (χ0) is 15.0. The molecule has 1 unspecified atom stereocenters. The van der Waals surface area contributed by atoms with Crippen molar-refractivity contribution in [3.63, 3.8) is 0 Å². The standard InChI is InChI=1S/C16H14BrFO3/c1-9-4-12(18)3-2-10(9)6-14(19)11-5-13(17)16-15(7-11)20-8-21-16/h2-5,7,14,19H,6,8H2,1H3. The first-order valence-electron chi connectivity index (χ1n) is 6.56. The lowest BCUT2D eigenvalue weighted by Gasteiger charge is -2.14. The van der Waals surface area contributed by atoms with Crippen molar-refractivity contribution in [2.75, 3.05) is 6.79 Å². The van der Waals surface area contributed by atoms with E-state index in [0.29, 0.717) is 17.9 Å². The van der Waals surface area contributed by atoms with Crippen molar-refractivity contribution in [2.45, 2.75) is 19.4 Å². The van der Waals surface area contributed by atoms with Crippen LogP contribution in [0.2, 0.25) is 0 Å². The molecule has 3 nitrogen and oxygen atoms in total. The Labute approximate surface area is 130 Å². The van der Waals surface area contributed by atoms with E-state index in [1.54, 1.807) is 12.1 Å². The van der Waals surface area contributed by atoms with E-state index >= 15 is 0 Å². The number of rotatable bonds is 3. The number of benzene rings is 2. The zero-order valence-corrected chi connectivity index (χ0v) is 13.0. The van der Waals surface area contributed by atoms with Crippen molar-refractivity contribution in [2.24, 2.45) is 0 Å². The van der Waals surface area contributed by atoms with Crippen LogP contribution in [-0.2, 0) is 6.42 Å². The smallest absolute Gasteiger partial charge is 0.231 e. The fourth-order valence-electron chi connectivity index (χ4n) is 2.39. The highest BCUT2D eigenvalue weighted by Crippen LogP contribution is 2.41. The maximum atomic E-state index is 13.1. The maximum absolute atomic E-state index is 13.1. The summed E-state index contributed by atoms with van der Waals surface area (Å²) in [5, 5.41) is 10.4. The molecule has 0 bridgehead atoms. The predicted octanol–water partition coefficient (Wildman–Crippen LogP) is 3.90. The minimum atomic E-state index is -0.694. The van der Waals surface area contributed by atoms with Crippen LogP contribution in [0.4, 0.5) is 4.39 Å². The van der Waals surface area contributed by atoms with Crippen molar-refractivity contribution >= 4 is 15.9 Å². The van der Waals surface area contributed by atoms with Gasteiger partial charge in [-0.25, -0.2) is 4.39 Å². The van der Waals surface area contributed by atoms with Gasteiger partial charge in [-0.1, -0.05) is 6.07 Å². The highest BCUT2D eigenvalue weighted by molar-refractivity contribution is 9.10. The number of ether oxygens (including phenoxy) is 2. The normalized spacial score (nSPS) is 14.3. The third-order valence-electron chi connectivity index (χ3n) is 3.55. The highest BCUT2D eigenvalue weighted by Gasteiger charge is 2.21. The van der Waals surface area contributed by atoms with Crippen molar-refractivity contribution in [1.82, 2.24) is 0 Å². The summed E-state index contributed by atoms with van der Waals surface area (Å²) in [7, 11) is 0. The molecule has 1 aliphatic rings. The summed E-state index contributed by atoms with van der Waals surface area (Å²) >= 11 is 3.41. The number of fused-ring (bicyclic) bond motifs is 1. The van der Waals surface area contributed by atoms with Crippen molar-refractivity contribution in [3.05, 3.63) is 57.3 Å². The Bertz CT molecular complexity index is 687. The van der Waals surface area contributed by atoms with Gasteiger partial charge in [0.05, 0.1) is 10.6 Å². The number of hydrogen-bond acceptors (Lipinski definition) is 3. The van der Waals surface area contributed by atoms with Gasteiger partial charge in [-0.05, 0) is 63.8 Å². The van der Waals surface area contributed by atoms with Crippen molar-refractivity contribution in [3.8, 4) is 11.5 Å². The largest absolute Gasteiger partial charge is 0.454 e. The summed E-state index contributed by atoms with van der Waals surface area (Å²) in [6, 6.07) is 8.17. The molecule has 21 heavy (non-hydrogen) atoms. The molecule has 2 aromatic rings. The number of aliphatic hydroxyl groups is 1. The molecule has 5 heteroatoms. The van der Waals surface area contributed by atoms with Gasteiger partial charge in [-0.3, -0.25) is 0 Å². The lowest BCUT2D eigenvalue weighted by Crippen LogP contribution is -2.03. The van der Waals surface area contributed by atoms with Crippen LogP contribution in [0.5, 0.6) is 11.5 Å². The van der Waals surface area contributed by atoms with E-state index in [1.165, 1.54) is 12.1 Å². The Morgan fingerprint density at radius 3 is 2.86 bits per heavy atom. The van der Waals surface area contributed by atoms with Crippen LogP contribution in [0.25, 0.3) is 0 Å².